The van der Waals surface area contributed by atoms with Crippen molar-refractivity contribution in [1.82, 2.24) is 4.98 Å². The van der Waals surface area contributed by atoms with Crippen molar-refractivity contribution in [3.8, 4) is 0 Å². The molecule has 7 heteroatoms. The van der Waals surface area contributed by atoms with Crippen molar-refractivity contribution in [2.75, 3.05) is 11.9 Å². The fraction of sp³-hybridized carbons (Fsp3) is 0.583. The highest BCUT2D eigenvalue weighted by Gasteiger charge is 2.10. The number of hydrogen-bond acceptors (Lipinski definition) is 5. The lowest BCUT2D eigenvalue weighted by molar-refractivity contribution is -0.137. The summed E-state index contributed by atoms with van der Waals surface area (Å²) in [5.74, 6) is -1.62. The van der Waals surface area contributed by atoms with Crippen LogP contribution in [-0.2, 0) is 16.0 Å². The fourth-order valence-corrected chi connectivity index (χ4v) is 2.56. The Balaban J connectivity index is 2.26. The number of aryl methyl sites for hydroxylation is 1. The molecule has 0 aliphatic heterocycles. The highest BCUT2D eigenvalue weighted by Crippen LogP contribution is 2.23. The minimum atomic E-state index is -0.855. The number of nitrogens with one attached hydrogen (secondary N) is 1. The highest BCUT2D eigenvalue weighted by molar-refractivity contribution is 7.15. The van der Waals surface area contributed by atoms with Crippen LogP contribution in [0.1, 0.15) is 36.3 Å². The number of hydrogen-bond donors (Lipinski definition) is 3. The van der Waals surface area contributed by atoms with Crippen LogP contribution in [0.15, 0.2) is 0 Å². The van der Waals surface area contributed by atoms with Gasteiger partial charge in [0.15, 0.2) is 5.13 Å². The van der Waals surface area contributed by atoms with E-state index in [-0.39, 0.29) is 12.8 Å². The average molecular weight is 286 g/mol. The molecule has 1 heterocycles. The molecule has 6 nitrogen and oxygen atoms in total. The van der Waals surface area contributed by atoms with E-state index in [0.717, 1.165) is 35.1 Å². The predicted molar refractivity (Wildman–Crippen MR) is 72.8 cm³/mol. The molecular formula is C12H18N2O4S. The molecule has 0 unspecified atom stereocenters. The molecule has 0 saturated heterocycles. The summed E-state index contributed by atoms with van der Waals surface area (Å²) in [7, 11) is 0. The Labute approximate surface area is 115 Å². The van der Waals surface area contributed by atoms with Crippen LogP contribution in [0.2, 0.25) is 0 Å². The molecule has 106 valence electrons. The number of unbranched alkanes of at least 4 members (excludes halogenated alkanes) is 2. The van der Waals surface area contributed by atoms with Crippen LogP contribution in [0.25, 0.3) is 0 Å². The molecule has 1 rings (SSSR count). The molecule has 0 spiro atoms. The van der Waals surface area contributed by atoms with Crippen LogP contribution in [-0.4, -0.2) is 33.7 Å². The summed E-state index contributed by atoms with van der Waals surface area (Å²) in [6.45, 7) is 2.52. The summed E-state index contributed by atoms with van der Waals surface area (Å²) in [6.07, 6.45) is 2.62. The molecule has 0 atom stereocenters. The Hall–Kier alpha value is -1.63. The number of carboxylic acids is 2. The molecule has 0 bridgehead atoms. The summed E-state index contributed by atoms with van der Waals surface area (Å²) in [4.78, 5) is 26.0. The molecule has 0 aliphatic rings. The lowest BCUT2D eigenvalue weighted by Crippen LogP contribution is -2.01. The third-order valence-electron chi connectivity index (χ3n) is 2.55. The zero-order valence-electron chi connectivity index (χ0n) is 10.8. The van der Waals surface area contributed by atoms with Gasteiger partial charge in [0.25, 0.3) is 0 Å². The average Bonchev–Trinajstić information content (AvgIpc) is 2.63. The summed E-state index contributed by atoms with van der Waals surface area (Å²) < 4.78 is 0. The minimum absolute atomic E-state index is 0.00376. The van der Waals surface area contributed by atoms with Gasteiger partial charge in [-0.1, -0.05) is 6.42 Å². The first-order chi connectivity index (χ1) is 8.99. The predicted octanol–water partition coefficient (Wildman–Crippen LogP) is 2.14. The first-order valence-corrected chi connectivity index (χ1v) is 6.94. The fourth-order valence-electron chi connectivity index (χ4n) is 1.58. The topological polar surface area (TPSA) is 99.5 Å². The Bertz CT molecular complexity index is 445. The number of thiazole rings is 1. The molecule has 0 aliphatic carbocycles. The van der Waals surface area contributed by atoms with Crippen molar-refractivity contribution in [2.45, 2.75) is 39.0 Å². The monoisotopic (exact) mass is 286 g/mol. The molecular weight excluding hydrogens is 268 g/mol. The van der Waals surface area contributed by atoms with Gasteiger partial charge in [-0.2, -0.15) is 0 Å². The number of nitrogens with zero attached hydrogens (tertiary/aromatic N) is 1. The van der Waals surface area contributed by atoms with Crippen molar-refractivity contribution in [2.24, 2.45) is 0 Å². The lowest BCUT2D eigenvalue weighted by atomic mass is 10.2. The molecule has 0 aromatic carbocycles. The number of rotatable bonds is 9. The highest BCUT2D eigenvalue weighted by atomic mass is 32.1. The van der Waals surface area contributed by atoms with E-state index < -0.39 is 11.9 Å². The molecule has 0 saturated carbocycles. The van der Waals surface area contributed by atoms with Crippen molar-refractivity contribution in [3.05, 3.63) is 10.6 Å². The molecule has 1 aromatic rings. The van der Waals surface area contributed by atoms with Gasteiger partial charge in [-0.05, 0) is 19.8 Å². The van der Waals surface area contributed by atoms with Crippen LogP contribution in [0.4, 0.5) is 5.13 Å². The van der Waals surface area contributed by atoms with Gasteiger partial charge in [0.2, 0.25) is 0 Å². The molecule has 19 heavy (non-hydrogen) atoms. The summed E-state index contributed by atoms with van der Waals surface area (Å²) in [6, 6.07) is 0. The Morgan fingerprint density at radius 1 is 1.21 bits per heavy atom. The zero-order valence-corrected chi connectivity index (χ0v) is 11.6. The number of carbonyl (C=O) groups is 2. The van der Waals surface area contributed by atoms with Crippen molar-refractivity contribution < 1.29 is 19.8 Å². The maximum Gasteiger partial charge on any atom is 0.308 e. The first kappa shape index (κ1) is 15.4. The Kier molecular flexibility index (Phi) is 6.27. The number of aromatic nitrogens is 1. The Morgan fingerprint density at radius 3 is 2.58 bits per heavy atom. The smallest absolute Gasteiger partial charge is 0.308 e. The SMILES string of the molecule is Cc1nc(NCCCCCC(=O)O)sc1CC(=O)O. The third-order valence-corrected chi connectivity index (χ3v) is 3.66. The molecule has 0 fully saturated rings. The van der Waals surface area contributed by atoms with E-state index >= 15 is 0 Å². The second-order valence-electron chi connectivity index (χ2n) is 4.23. The largest absolute Gasteiger partial charge is 0.481 e. The van der Waals surface area contributed by atoms with Crippen molar-refractivity contribution in [3.63, 3.8) is 0 Å². The quantitative estimate of drug-likeness (QED) is 0.601. The lowest BCUT2D eigenvalue weighted by Gasteiger charge is -2.01. The van der Waals surface area contributed by atoms with Crippen LogP contribution in [0.5, 0.6) is 0 Å². The van der Waals surface area contributed by atoms with Gasteiger partial charge in [0.1, 0.15) is 0 Å². The first-order valence-electron chi connectivity index (χ1n) is 6.13. The normalized spacial score (nSPS) is 10.4. The molecule has 0 amide bonds. The maximum absolute atomic E-state index is 10.6. The molecule has 3 N–H and O–H groups in total. The number of anilines is 1. The van der Waals surface area contributed by atoms with Crippen molar-refractivity contribution >= 4 is 28.4 Å². The van der Waals surface area contributed by atoms with Gasteiger partial charge in [0.05, 0.1) is 12.1 Å². The second kappa shape index (κ2) is 7.73. The minimum Gasteiger partial charge on any atom is -0.481 e. The summed E-state index contributed by atoms with van der Waals surface area (Å²) >= 11 is 1.36. The van der Waals surface area contributed by atoms with E-state index in [1.54, 1.807) is 6.92 Å². The third kappa shape index (κ3) is 6.19. The van der Waals surface area contributed by atoms with E-state index in [2.05, 4.69) is 10.3 Å². The van der Waals surface area contributed by atoms with E-state index in [4.69, 9.17) is 10.2 Å². The van der Waals surface area contributed by atoms with E-state index in [9.17, 15) is 9.59 Å². The van der Waals surface area contributed by atoms with Gasteiger partial charge >= 0.3 is 11.9 Å². The maximum atomic E-state index is 10.6. The second-order valence-corrected chi connectivity index (χ2v) is 5.31. The number of aliphatic carboxylic acids is 2. The van der Waals surface area contributed by atoms with Gasteiger partial charge in [-0.3, -0.25) is 9.59 Å². The zero-order chi connectivity index (χ0) is 14.3. The van der Waals surface area contributed by atoms with Crippen molar-refractivity contribution in [1.29, 1.82) is 0 Å². The molecule has 0 radical (unpaired) electrons. The van der Waals surface area contributed by atoms with Gasteiger partial charge in [-0.15, -0.1) is 11.3 Å². The number of carboxylic acid groups (broad SMARTS) is 2. The van der Waals surface area contributed by atoms with Crippen LogP contribution in [0, 0.1) is 6.92 Å². The summed E-state index contributed by atoms with van der Waals surface area (Å²) in [5, 5.41) is 21.1. The standard InChI is InChI=1S/C12H18N2O4S/c1-8-9(7-11(17)18)19-12(14-8)13-6-4-2-3-5-10(15)16/h2-7H2,1H3,(H,13,14)(H,15,16)(H,17,18). The van der Waals surface area contributed by atoms with Crippen LogP contribution < -0.4 is 5.32 Å². The van der Waals surface area contributed by atoms with Gasteiger partial charge < -0.3 is 15.5 Å². The summed E-state index contributed by atoms with van der Waals surface area (Å²) in [5.41, 5.74) is 0.751. The van der Waals surface area contributed by atoms with Gasteiger partial charge in [0, 0.05) is 17.8 Å². The van der Waals surface area contributed by atoms with Crippen LogP contribution in [0.3, 0.4) is 0 Å². The van der Waals surface area contributed by atoms with E-state index in [1.165, 1.54) is 11.3 Å². The van der Waals surface area contributed by atoms with E-state index in [1.807, 2.05) is 0 Å². The molecule has 1 aromatic heterocycles. The Morgan fingerprint density at radius 2 is 1.95 bits per heavy atom. The van der Waals surface area contributed by atoms with E-state index in [0.29, 0.717) is 6.42 Å². The van der Waals surface area contributed by atoms with Gasteiger partial charge in [-0.25, -0.2) is 4.98 Å². The van der Waals surface area contributed by atoms with Crippen LogP contribution >= 0.6 is 11.3 Å².